The van der Waals surface area contributed by atoms with Crippen LogP contribution in [-0.4, -0.2) is 40.9 Å². The van der Waals surface area contributed by atoms with Crippen molar-refractivity contribution in [1.82, 2.24) is 4.72 Å². The van der Waals surface area contributed by atoms with Crippen LogP contribution < -0.4 is 4.72 Å². The molecule has 0 spiro atoms. The molecule has 0 radical (unpaired) electrons. The van der Waals surface area contributed by atoms with E-state index in [1.54, 1.807) is 30.3 Å². The summed E-state index contributed by atoms with van der Waals surface area (Å²) in [6.45, 7) is 2.34. The Morgan fingerprint density at radius 2 is 2.10 bits per heavy atom. The number of benzene rings is 1. The summed E-state index contributed by atoms with van der Waals surface area (Å²) >= 11 is 0. The first-order chi connectivity index (χ1) is 9.68. The van der Waals surface area contributed by atoms with Gasteiger partial charge in [-0.2, -0.15) is 0 Å². The van der Waals surface area contributed by atoms with E-state index in [2.05, 4.69) is 4.72 Å². The molecular formula is C14H21NO4S. The van der Waals surface area contributed by atoms with Gasteiger partial charge in [0, 0.05) is 19.8 Å². The van der Waals surface area contributed by atoms with Crippen molar-refractivity contribution < 1.29 is 17.9 Å². The summed E-state index contributed by atoms with van der Waals surface area (Å²) in [5.74, 6) is 0. The van der Waals surface area contributed by atoms with E-state index in [1.807, 2.05) is 0 Å². The van der Waals surface area contributed by atoms with Crippen LogP contribution in [0.2, 0.25) is 0 Å². The highest BCUT2D eigenvalue weighted by atomic mass is 32.2. The zero-order valence-corrected chi connectivity index (χ0v) is 12.3. The van der Waals surface area contributed by atoms with Gasteiger partial charge in [0.25, 0.3) is 0 Å². The van der Waals surface area contributed by atoms with Crippen LogP contribution in [0.3, 0.4) is 0 Å². The van der Waals surface area contributed by atoms with Crippen LogP contribution in [0, 0.1) is 0 Å². The molecule has 1 aliphatic heterocycles. The molecule has 1 aliphatic rings. The van der Waals surface area contributed by atoms with E-state index in [0.29, 0.717) is 31.1 Å². The fraction of sp³-hybridized carbons (Fsp3) is 0.571. The van der Waals surface area contributed by atoms with Crippen LogP contribution in [0.15, 0.2) is 35.2 Å². The molecule has 20 heavy (non-hydrogen) atoms. The van der Waals surface area contributed by atoms with E-state index in [9.17, 15) is 8.42 Å². The number of hydrogen-bond acceptors (Lipinski definition) is 4. The van der Waals surface area contributed by atoms with E-state index in [4.69, 9.17) is 9.47 Å². The molecule has 1 aromatic rings. The monoisotopic (exact) mass is 299 g/mol. The Bertz CT molecular complexity index is 483. The maximum atomic E-state index is 11.9. The molecular weight excluding hydrogens is 278 g/mol. The van der Waals surface area contributed by atoms with Crippen molar-refractivity contribution in [2.45, 2.75) is 30.3 Å². The number of nitrogens with one attached hydrogen (secondary N) is 1. The number of sulfonamides is 1. The second-order valence-corrected chi connectivity index (χ2v) is 6.54. The smallest absolute Gasteiger partial charge is 0.240 e. The highest BCUT2D eigenvalue weighted by Crippen LogP contribution is 2.12. The van der Waals surface area contributed by atoms with Gasteiger partial charge in [0.15, 0.2) is 0 Å². The van der Waals surface area contributed by atoms with E-state index >= 15 is 0 Å². The molecule has 112 valence electrons. The molecule has 0 saturated carbocycles. The third-order valence-electron chi connectivity index (χ3n) is 3.14. The van der Waals surface area contributed by atoms with Crippen molar-refractivity contribution in [3.8, 4) is 0 Å². The summed E-state index contributed by atoms with van der Waals surface area (Å²) in [6, 6.07) is 8.36. The Morgan fingerprint density at radius 3 is 2.80 bits per heavy atom. The third-order valence-corrected chi connectivity index (χ3v) is 4.62. The second kappa shape index (κ2) is 7.73. The highest BCUT2D eigenvalue weighted by Gasteiger charge is 2.15. The quantitative estimate of drug-likeness (QED) is 0.740. The lowest BCUT2D eigenvalue weighted by molar-refractivity contribution is 0.0169. The van der Waals surface area contributed by atoms with Crippen molar-refractivity contribution in [3.63, 3.8) is 0 Å². The van der Waals surface area contributed by atoms with E-state index in [-0.39, 0.29) is 6.10 Å². The highest BCUT2D eigenvalue weighted by molar-refractivity contribution is 7.89. The van der Waals surface area contributed by atoms with Gasteiger partial charge in [-0.15, -0.1) is 0 Å². The number of rotatable bonds is 8. The van der Waals surface area contributed by atoms with Gasteiger partial charge in [0.05, 0.1) is 17.6 Å². The minimum Gasteiger partial charge on any atom is -0.379 e. The average molecular weight is 299 g/mol. The van der Waals surface area contributed by atoms with Gasteiger partial charge in [-0.3, -0.25) is 0 Å². The largest absolute Gasteiger partial charge is 0.379 e. The first-order valence-electron chi connectivity index (χ1n) is 6.92. The second-order valence-electron chi connectivity index (χ2n) is 4.77. The fourth-order valence-corrected chi connectivity index (χ4v) is 3.15. The molecule has 1 fully saturated rings. The lowest BCUT2D eigenvalue weighted by Gasteiger charge is -2.10. The summed E-state index contributed by atoms with van der Waals surface area (Å²) in [7, 11) is -3.39. The predicted molar refractivity (Wildman–Crippen MR) is 76.0 cm³/mol. The molecule has 1 unspecified atom stereocenters. The predicted octanol–water partition coefficient (Wildman–Crippen LogP) is 1.55. The summed E-state index contributed by atoms with van der Waals surface area (Å²) in [5.41, 5.74) is 0. The number of ether oxygens (including phenoxy) is 2. The molecule has 0 aliphatic carbocycles. The van der Waals surface area contributed by atoms with Crippen LogP contribution in [0.5, 0.6) is 0 Å². The normalized spacial score (nSPS) is 19.3. The van der Waals surface area contributed by atoms with Gasteiger partial charge >= 0.3 is 0 Å². The molecule has 1 saturated heterocycles. The van der Waals surface area contributed by atoms with Gasteiger partial charge in [-0.1, -0.05) is 18.2 Å². The molecule has 2 rings (SSSR count). The summed E-state index contributed by atoms with van der Waals surface area (Å²) < 4.78 is 37.3. The van der Waals surface area contributed by atoms with Gasteiger partial charge in [0.1, 0.15) is 0 Å². The van der Waals surface area contributed by atoms with Crippen molar-refractivity contribution in [3.05, 3.63) is 30.3 Å². The molecule has 0 bridgehead atoms. The first-order valence-corrected chi connectivity index (χ1v) is 8.41. The molecule has 6 heteroatoms. The standard InChI is InChI=1S/C14H21NO4S/c16-20(17,14-7-2-1-3-8-14)15-9-5-10-18-12-13-6-4-11-19-13/h1-3,7-8,13,15H,4-6,9-12H2. The maximum Gasteiger partial charge on any atom is 0.240 e. The Balaban J connectivity index is 1.60. The SMILES string of the molecule is O=S(=O)(NCCCOCC1CCCO1)c1ccccc1. The summed E-state index contributed by atoms with van der Waals surface area (Å²) in [4.78, 5) is 0.292. The lowest BCUT2D eigenvalue weighted by Crippen LogP contribution is -2.26. The molecule has 1 heterocycles. The molecule has 0 aromatic heterocycles. The van der Waals surface area contributed by atoms with Crippen LogP contribution in [0.1, 0.15) is 19.3 Å². The Hall–Kier alpha value is -0.950. The molecule has 1 N–H and O–H groups in total. The Morgan fingerprint density at radius 1 is 1.30 bits per heavy atom. The Labute approximate surface area is 120 Å². The molecule has 1 atom stereocenters. The van der Waals surface area contributed by atoms with Crippen LogP contribution in [0.4, 0.5) is 0 Å². The minimum absolute atomic E-state index is 0.219. The molecule has 0 amide bonds. The average Bonchev–Trinajstić information content (AvgIpc) is 2.97. The maximum absolute atomic E-state index is 11.9. The van der Waals surface area contributed by atoms with Crippen LogP contribution in [0.25, 0.3) is 0 Å². The van der Waals surface area contributed by atoms with Gasteiger partial charge in [-0.25, -0.2) is 13.1 Å². The van der Waals surface area contributed by atoms with Gasteiger partial charge < -0.3 is 9.47 Å². The minimum atomic E-state index is -3.39. The molecule has 1 aromatic carbocycles. The fourth-order valence-electron chi connectivity index (χ4n) is 2.05. The zero-order chi connectivity index (χ0) is 14.3. The van der Waals surface area contributed by atoms with Crippen molar-refractivity contribution in [1.29, 1.82) is 0 Å². The van der Waals surface area contributed by atoms with Gasteiger partial charge in [0.2, 0.25) is 10.0 Å². The van der Waals surface area contributed by atoms with E-state index < -0.39 is 10.0 Å². The molecule has 5 nitrogen and oxygen atoms in total. The van der Waals surface area contributed by atoms with Crippen molar-refractivity contribution in [2.24, 2.45) is 0 Å². The zero-order valence-electron chi connectivity index (χ0n) is 11.5. The third kappa shape index (κ3) is 4.86. The summed E-state index contributed by atoms with van der Waals surface area (Å²) in [5, 5.41) is 0. The Kier molecular flexibility index (Phi) is 5.97. The van der Waals surface area contributed by atoms with E-state index in [0.717, 1.165) is 19.4 Å². The first kappa shape index (κ1) is 15.4. The van der Waals surface area contributed by atoms with Crippen LogP contribution >= 0.6 is 0 Å². The number of hydrogen-bond donors (Lipinski definition) is 1. The van der Waals surface area contributed by atoms with Gasteiger partial charge in [-0.05, 0) is 31.4 Å². The summed E-state index contributed by atoms with van der Waals surface area (Å²) in [6.07, 6.45) is 3.03. The van der Waals surface area contributed by atoms with Crippen molar-refractivity contribution in [2.75, 3.05) is 26.4 Å². The topological polar surface area (TPSA) is 64.6 Å². The van der Waals surface area contributed by atoms with Crippen LogP contribution in [-0.2, 0) is 19.5 Å². The van der Waals surface area contributed by atoms with E-state index in [1.165, 1.54) is 0 Å². The van der Waals surface area contributed by atoms with Crippen molar-refractivity contribution >= 4 is 10.0 Å². The lowest BCUT2D eigenvalue weighted by atomic mass is 10.2.